The second-order valence-electron chi connectivity index (χ2n) is 15.8. The SMILES string of the molecule is C=C(CCC1CCCCC1)NC(C)C.C=CCCC(CC(=O)C1C(C(C)O)CC2C1C2(C)C)C(=C)C(C)(O)CCCC.CC.CC.CCOCO. The minimum Gasteiger partial charge on any atom is -0.393 e. The molecule has 3 aliphatic carbocycles. The highest BCUT2D eigenvalue weighted by atomic mass is 16.6. The third kappa shape index (κ3) is 18.9. The summed E-state index contributed by atoms with van der Waals surface area (Å²) in [5.41, 5.74) is 1.29. The van der Waals surface area contributed by atoms with E-state index in [0.29, 0.717) is 37.3 Å². The predicted molar refractivity (Wildman–Crippen MR) is 221 cm³/mol. The van der Waals surface area contributed by atoms with Crippen molar-refractivity contribution in [2.75, 3.05) is 13.4 Å². The van der Waals surface area contributed by atoms with Crippen molar-refractivity contribution < 1.29 is 24.9 Å². The van der Waals surface area contributed by atoms with E-state index in [4.69, 9.17) is 5.11 Å². The van der Waals surface area contributed by atoms with Crippen LogP contribution in [0.2, 0.25) is 0 Å². The topological polar surface area (TPSA) is 99.0 Å². The number of rotatable bonds is 19. The Morgan fingerprint density at radius 3 is 2.10 bits per heavy atom. The molecule has 3 fully saturated rings. The number of aliphatic hydroxyl groups is 3. The highest BCUT2D eigenvalue weighted by Crippen LogP contribution is 2.71. The van der Waals surface area contributed by atoms with Crippen LogP contribution in [-0.4, -0.2) is 52.2 Å². The molecule has 0 aromatic heterocycles. The van der Waals surface area contributed by atoms with Gasteiger partial charge in [-0.05, 0) is 114 Å². The number of aliphatic hydroxyl groups excluding tert-OH is 2. The maximum absolute atomic E-state index is 13.4. The smallest absolute Gasteiger partial charge is 0.143 e. The van der Waals surface area contributed by atoms with Crippen LogP contribution in [0.1, 0.15) is 173 Å². The third-order valence-electron chi connectivity index (χ3n) is 11.2. The molecule has 7 unspecified atom stereocenters. The Bertz CT molecular complexity index is 929. The zero-order valence-corrected chi connectivity index (χ0v) is 35.8. The number of nitrogens with one attached hydrogen (secondary N) is 1. The molecule has 302 valence electrons. The Balaban J connectivity index is 0. The number of hydrogen-bond acceptors (Lipinski definition) is 6. The van der Waals surface area contributed by atoms with Gasteiger partial charge in [0.15, 0.2) is 0 Å². The van der Waals surface area contributed by atoms with Gasteiger partial charge in [-0.2, -0.15) is 0 Å². The van der Waals surface area contributed by atoms with Gasteiger partial charge in [-0.15, -0.1) is 6.58 Å². The van der Waals surface area contributed by atoms with Crippen LogP contribution >= 0.6 is 0 Å². The third-order valence-corrected chi connectivity index (χ3v) is 11.2. The van der Waals surface area contributed by atoms with Crippen LogP contribution in [0, 0.1) is 40.9 Å². The summed E-state index contributed by atoms with van der Waals surface area (Å²) in [6.07, 6.45) is 16.8. The van der Waals surface area contributed by atoms with E-state index in [1.165, 1.54) is 50.6 Å². The molecule has 0 heterocycles. The van der Waals surface area contributed by atoms with Crippen LogP contribution in [0.25, 0.3) is 0 Å². The first-order chi connectivity index (χ1) is 24.1. The van der Waals surface area contributed by atoms with Gasteiger partial charge < -0.3 is 25.4 Å². The summed E-state index contributed by atoms with van der Waals surface area (Å²) in [6.45, 7) is 37.0. The van der Waals surface area contributed by atoms with Gasteiger partial charge in [-0.25, -0.2) is 0 Å². The summed E-state index contributed by atoms with van der Waals surface area (Å²) < 4.78 is 4.39. The van der Waals surface area contributed by atoms with Gasteiger partial charge in [0.2, 0.25) is 0 Å². The van der Waals surface area contributed by atoms with E-state index in [-0.39, 0.29) is 35.7 Å². The standard InChI is InChI=1S/C25H42O3.C13H25N.C3H8O2.2C2H6/c1-8-10-12-18(16(3)25(7,28)13-11-9-2)14-21(27)22-19(17(4)26)15-20-23(22)24(20,5)6;1-11(2)14-12(3)9-10-13-7-5-4-6-8-13;1-2-5-3-4;2*1-2/h8,17-20,22-23,26,28H,1,3,9-15H2,2,4-7H3;11,13-14H,3-10H2,1-2H3;4H,2-3H2,1H3;2*1-2H3. The second-order valence-corrected chi connectivity index (χ2v) is 15.8. The number of ketones is 1. The van der Waals surface area contributed by atoms with Crippen molar-refractivity contribution in [3.8, 4) is 0 Å². The van der Waals surface area contributed by atoms with Crippen molar-refractivity contribution in [1.82, 2.24) is 5.32 Å². The first kappa shape index (κ1) is 51.6. The molecule has 0 amide bonds. The molecular weight excluding hydrogens is 634 g/mol. The van der Waals surface area contributed by atoms with Crippen molar-refractivity contribution in [1.29, 1.82) is 0 Å². The average molecular weight is 722 g/mol. The highest BCUT2D eigenvalue weighted by molar-refractivity contribution is 5.83. The van der Waals surface area contributed by atoms with Gasteiger partial charge in [0.1, 0.15) is 12.6 Å². The summed E-state index contributed by atoms with van der Waals surface area (Å²) >= 11 is 0. The number of fused-ring (bicyclic) bond motifs is 1. The Morgan fingerprint density at radius 2 is 1.65 bits per heavy atom. The quantitative estimate of drug-likeness (QED) is 0.0783. The Kier molecular flexibility index (Phi) is 28.4. The van der Waals surface area contributed by atoms with Gasteiger partial charge in [0.25, 0.3) is 0 Å². The van der Waals surface area contributed by atoms with Gasteiger partial charge in [-0.3, -0.25) is 4.79 Å². The lowest BCUT2D eigenvalue weighted by molar-refractivity contribution is -0.127. The summed E-state index contributed by atoms with van der Waals surface area (Å²) in [5.74, 6) is 2.17. The lowest BCUT2D eigenvalue weighted by atomic mass is 9.74. The van der Waals surface area contributed by atoms with Crippen molar-refractivity contribution in [2.24, 2.45) is 40.9 Å². The van der Waals surface area contributed by atoms with Crippen LogP contribution in [0.15, 0.2) is 37.1 Å². The largest absolute Gasteiger partial charge is 0.393 e. The van der Waals surface area contributed by atoms with E-state index in [9.17, 15) is 15.0 Å². The molecule has 0 aromatic rings. The fourth-order valence-corrected chi connectivity index (χ4v) is 8.24. The fraction of sp³-hybridized carbons (Fsp3) is 0.844. The van der Waals surface area contributed by atoms with Crippen LogP contribution in [0.4, 0.5) is 0 Å². The van der Waals surface area contributed by atoms with Crippen molar-refractivity contribution in [3.05, 3.63) is 37.1 Å². The molecule has 3 rings (SSSR count). The molecule has 0 aliphatic heterocycles. The van der Waals surface area contributed by atoms with E-state index in [1.807, 2.05) is 54.5 Å². The van der Waals surface area contributed by atoms with Gasteiger partial charge in [-0.1, -0.05) is 113 Å². The monoisotopic (exact) mass is 722 g/mol. The average Bonchev–Trinajstić information content (AvgIpc) is 3.41. The lowest BCUT2D eigenvalue weighted by Crippen LogP contribution is -2.35. The zero-order chi connectivity index (χ0) is 39.8. The second kappa shape index (κ2) is 28.0. The number of Topliss-reactive ketones (excluding diaryl/α,β-unsaturated/α-hetero) is 1. The van der Waals surface area contributed by atoms with E-state index < -0.39 is 11.7 Å². The summed E-state index contributed by atoms with van der Waals surface area (Å²) in [5, 5.41) is 32.5. The normalized spacial score (nSPS) is 23.8. The van der Waals surface area contributed by atoms with Crippen LogP contribution in [0.3, 0.4) is 0 Å². The van der Waals surface area contributed by atoms with Crippen molar-refractivity contribution in [2.45, 2.75) is 191 Å². The van der Waals surface area contributed by atoms with E-state index in [0.717, 1.165) is 43.6 Å². The molecule has 0 aromatic carbocycles. The molecule has 51 heavy (non-hydrogen) atoms. The number of ether oxygens (including phenoxy) is 1. The molecule has 7 atom stereocenters. The van der Waals surface area contributed by atoms with E-state index in [2.05, 4.69) is 64.4 Å². The summed E-state index contributed by atoms with van der Waals surface area (Å²) in [4.78, 5) is 13.4. The molecule has 4 N–H and O–H groups in total. The van der Waals surface area contributed by atoms with Gasteiger partial charge >= 0.3 is 0 Å². The zero-order valence-electron chi connectivity index (χ0n) is 35.8. The van der Waals surface area contributed by atoms with Gasteiger partial charge in [0, 0.05) is 30.7 Å². The molecule has 3 aliphatic rings. The first-order valence-electron chi connectivity index (χ1n) is 20.9. The molecule has 6 heteroatoms. The molecule has 0 bridgehead atoms. The Hall–Kier alpha value is -1.47. The number of allylic oxidation sites excluding steroid dienone is 2. The Morgan fingerprint density at radius 1 is 1.06 bits per heavy atom. The molecule has 0 spiro atoms. The molecular formula is C45H87NO5. The number of unbranched alkanes of at least 4 members (excludes halogenated alkanes) is 1. The van der Waals surface area contributed by atoms with Gasteiger partial charge in [0.05, 0.1) is 11.7 Å². The van der Waals surface area contributed by atoms with E-state index >= 15 is 0 Å². The first-order valence-corrected chi connectivity index (χ1v) is 20.9. The lowest BCUT2D eigenvalue weighted by Gasteiger charge is -2.33. The fourth-order valence-electron chi connectivity index (χ4n) is 8.24. The summed E-state index contributed by atoms with van der Waals surface area (Å²) in [7, 11) is 0. The highest BCUT2D eigenvalue weighted by Gasteiger charge is 2.68. The van der Waals surface area contributed by atoms with Crippen LogP contribution in [-0.2, 0) is 9.53 Å². The molecule has 3 saturated carbocycles. The maximum atomic E-state index is 13.4. The summed E-state index contributed by atoms with van der Waals surface area (Å²) in [6, 6.07) is 0.536. The van der Waals surface area contributed by atoms with Crippen molar-refractivity contribution >= 4 is 5.78 Å². The minimum absolute atomic E-state index is 0.0343. The van der Waals surface area contributed by atoms with E-state index in [1.54, 1.807) is 0 Å². The predicted octanol–water partition coefficient (Wildman–Crippen LogP) is 11.2. The number of carbonyl (C=O) groups excluding carboxylic acids is 1. The minimum atomic E-state index is -0.942. The molecule has 0 saturated heterocycles. The van der Waals surface area contributed by atoms with Crippen molar-refractivity contribution in [3.63, 3.8) is 0 Å². The van der Waals surface area contributed by atoms with Crippen LogP contribution < -0.4 is 5.32 Å². The number of hydrogen-bond donors (Lipinski definition) is 4. The molecule has 6 nitrogen and oxygen atoms in total. The number of carbonyl (C=O) groups is 1. The molecule has 0 radical (unpaired) electrons. The van der Waals surface area contributed by atoms with Crippen LogP contribution in [0.5, 0.6) is 0 Å². The Labute approximate surface area is 317 Å². The maximum Gasteiger partial charge on any atom is 0.143 e.